The van der Waals surface area contributed by atoms with Gasteiger partial charge in [0.05, 0.1) is 11.0 Å². The summed E-state index contributed by atoms with van der Waals surface area (Å²) in [6.45, 7) is 0.878. The Labute approximate surface area is 128 Å². The summed E-state index contributed by atoms with van der Waals surface area (Å²) in [5, 5.41) is 0.692. The highest BCUT2D eigenvalue weighted by atomic mass is 35.5. The van der Waals surface area contributed by atoms with Gasteiger partial charge in [-0.1, -0.05) is 23.7 Å². The lowest BCUT2D eigenvalue weighted by atomic mass is 10.2. The van der Waals surface area contributed by atoms with Crippen LogP contribution < -0.4 is 10.5 Å². The van der Waals surface area contributed by atoms with Crippen molar-refractivity contribution in [2.75, 3.05) is 0 Å². The van der Waals surface area contributed by atoms with E-state index in [0.29, 0.717) is 18.2 Å². The molecule has 108 valence electrons. The van der Waals surface area contributed by atoms with Gasteiger partial charge < -0.3 is 15.0 Å². The molecule has 4 nitrogen and oxygen atoms in total. The molecular weight excluding hydrogens is 286 g/mol. The second-order valence-corrected chi connectivity index (χ2v) is 5.26. The summed E-state index contributed by atoms with van der Waals surface area (Å²) in [7, 11) is 1.98. The number of aromatic nitrogens is 2. The van der Waals surface area contributed by atoms with Crippen molar-refractivity contribution in [3.05, 3.63) is 58.9 Å². The highest BCUT2D eigenvalue weighted by molar-refractivity contribution is 6.30. The molecule has 0 saturated heterocycles. The first-order chi connectivity index (χ1) is 10.2. The number of hydrogen-bond donors (Lipinski definition) is 1. The van der Waals surface area contributed by atoms with Gasteiger partial charge in [-0.3, -0.25) is 0 Å². The molecule has 0 bridgehead atoms. The van der Waals surface area contributed by atoms with E-state index < -0.39 is 0 Å². The van der Waals surface area contributed by atoms with Crippen LogP contribution in [0.3, 0.4) is 0 Å². The van der Waals surface area contributed by atoms with Crippen LogP contribution in [0.1, 0.15) is 11.4 Å². The number of hydrogen-bond acceptors (Lipinski definition) is 3. The zero-order valence-corrected chi connectivity index (χ0v) is 12.5. The summed E-state index contributed by atoms with van der Waals surface area (Å²) in [5.41, 5.74) is 8.81. The van der Waals surface area contributed by atoms with Crippen molar-refractivity contribution in [2.24, 2.45) is 12.8 Å². The molecule has 1 aromatic heterocycles. The molecule has 5 heteroatoms. The minimum absolute atomic E-state index is 0.400. The van der Waals surface area contributed by atoms with E-state index in [0.717, 1.165) is 28.2 Å². The van der Waals surface area contributed by atoms with Crippen molar-refractivity contribution in [3.63, 3.8) is 0 Å². The van der Waals surface area contributed by atoms with Gasteiger partial charge in [0.25, 0.3) is 0 Å². The maximum Gasteiger partial charge on any atom is 0.147 e. The lowest BCUT2D eigenvalue weighted by Gasteiger charge is -2.06. The molecule has 1 heterocycles. The molecule has 2 N–H and O–H groups in total. The van der Waals surface area contributed by atoms with Gasteiger partial charge in [-0.2, -0.15) is 0 Å². The summed E-state index contributed by atoms with van der Waals surface area (Å²) < 4.78 is 7.79. The van der Waals surface area contributed by atoms with Crippen molar-refractivity contribution in [1.29, 1.82) is 0 Å². The van der Waals surface area contributed by atoms with Gasteiger partial charge in [0, 0.05) is 18.6 Å². The number of ether oxygens (including phenoxy) is 1. The molecule has 0 amide bonds. The Hall–Kier alpha value is -2.04. The molecule has 3 aromatic rings. The zero-order chi connectivity index (χ0) is 14.8. The van der Waals surface area contributed by atoms with Crippen molar-refractivity contribution in [2.45, 2.75) is 13.2 Å². The first kappa shape index (κ1) is 13.9. The van der Waals surface area contributed by atoms with Gasteiger partial charge in [-0.05, 0) is 35.9 Å². The second-order valence-electron chi connectivity index (χ2n) is 4.82. The predicted molar refractivity (Wildman–Crippen MR) is 84.4 cm³/mol. The smallest absolute Gasteiger partial charge is 0.147 e. The third kappa shape index (κ3) is 2.73. The summed E-state index contributed by atoms with van der Waals surface area (Å²) in [5.74, 6) is 1.63. The van der Waals surface area contributed by atoms with Crippen LogP contribution in [0.25, 0.3) is 11.0 Å². The molecule has 21 heavy (non-hydrogen) atoms. The van der Waals surface area contributed by atoms with Crippen LogP contribution in [-0.4, -0.2) is 9.55 Å². The van der Waals surface area contributed by atoms with E-state index >= 15 is 0 Å². The van der Waals surface area contributed by atoms with Crippen LogP contribution in [-0.2, 0) is 20.2 Å². The topological polar surface area (TPSA) is 53.1 Å². The van der Waals surface area contributed by atoms with E-state index in [1.54, 1.807) is 12.1 Å². The van der Waals surface area contributed by atoms with E-state index in [-0.39, 0.29) is 0 Å². The molecule has 3 rings (SSSR count). The Morgan fingerprint density at radius 2 is 1.95 bits per heavy atom. The average Bonchev–Trinajstić information content (AvgIpc) is 2.83. The van der Waals surface area contributed by atoms with E-state index in [9.17, 15) is 0 Å². The molecule has 0 aliphatic heterocycles. The monoisotopic (exact) mass is 301 g/mol. The lowest BCUT2D eigenvalue weighted by molar-refractivity contribution is 0.292. The third-order valence-electron chi connectivity index (χ3n) is 3.49. The summed E-state index contributed by atoms with van der Waals surface area (Å²) >= 11 is 5.86. The Morgan fingerprint density at radius 1 is 1.19 bits per heavy atom. The molecule has 0 aliphatic carbocycles. The Bertz CT molecular complexity index is 765. The molecule has 0 spiro atoms. The molecule has 0 unspecified atom stereocenters. The molecule has 0 saturated carbocycles. The Morgan fingerprint density at radius 3 is 2.67 bits per heavy atom. The SMILES string of the molecule is Cn1c(COc2ccc(Cl)cc2)nc2c(CN)cccc21. The van der Waals surface area contributed by atoms with Crippen LogP contribution in [0.5, 0.6) is 5.75 Å². The molecule has 0 radical (unpaired) electrons. The Balaban J connectivity index is 1.87. The first-order valence-corrected chi connectivity index (χ1v) is 7.08. The predicted octanol–water partition coefficient (Wildman–Crippen LogP) is 3.26. The number of nitrogens with zero attached hydrogens (tertiary/aromatic N) is 2. The number of halogens is 1. The van der Waals surface area contributed by atoms with Crippen LogP contribution in [0.2, 0.25) is 5.02 Å². The van der Waals surface area contributed by atoms with E-state index in [4.69, 9.17) is 22.1 Å². The first-order valence-electron chi connectivity index (χ1n) is 6.70. The van der Waals surface area contributed by atoms with Gasteiger partial charge in [0.2, 0.25) is 0 Å². The number of benzene rings is 2. The average molecular weight is 302 g/mol. The second kappa shape index (κ2) is 5.76. The molecular formula is C16H16ClN3O. The number of rotatable bonds is 4. The maximum absolute atomic E-state index is 5.86. The number of nitrogens with two attached hydrogens (primary N) is 1. The van der Waals surface area contributed by atoms with Gasteiger partial charge >= 0.3 is 0 Å². The molecule has 0 atom stereocenters. The fourth-order valence-corrected chi connectivity index (χ4v) is 2.42. The van der Waals surface area contributed by atoms with Gasteiger partial charge in [-0.15, -0.1) is 0 Å². The van der Waals surface area contributed by atoms with Crippen molar-refractivity contribution >= 4 is 22.6 Å². The normalized spacial score (nSPS) is 11.0. The van der Waals surface area contributed by atoms with E-state index in [1.165, 1.54) is 0 Å². The number of fused-ring (bicyclic) bond motifs is 1. The molecule has 2 aromatic carbocycles. The maximum atomic E-state index is 5.86. The minimum atomic E-state index is 0.400. The van der Waals surface area contributed by atoms with Crippen LogP contribution in [0, 0.1) is 0 Å². The quantitative estimate of drug-likeness (QED) is 0.804. The van der Waals surface area contributed by atoms with Crippen LogP contribution in [0.4, 0.5) is 0 Å². The fourth-order valence-electron chi connectivity index (χ4n) is 2.29. The minimum Gasteiger partial charge on any atom is -0.486 e. The van der Waals surface area contributed by atoms with Crippen molar-refractivity contribution in [3.8, 4) is 5.75 Å². The molecule has 0 fully saturated rings. The number of aryl methyl sites for hydroxylation is 1. The van der Waals surface area contributed by atoms with Crippen molar-refractivity contribution in [1.82, 2.24) is 9.55 Å². The lowest BCUT2D eigenvalue weighted by Crippen LogP contribution is -2.03. The highest BCUT2D eigenvalue weighted by Gasteiger charge is 2.10. The summed E-state index contributed by atoms with van der Waals surface area (Å²) in [6, 6.07) is 13.3. The van der Waals surface area contributed by atoms with Gasteiger partial charge in [-0.25, -0.2) is 4.98 Å². The standard InChI is InChI=1S/C16H16ClN3O/c1-20-14-4-2-3-11(9-18)16(14)19-15(20)10-21-13-7-5-12(17)6-8-13/h2-8H,9-10,18H2,1H3. The fraction of sp³-hybridized carbons (Fsp3) is 0.188. The number of imidazole rings is 1. The van der Waals surface area contributed by atoms with Crippen LogP contribution >= 0.6 is 11.6 Å². The largest absolute Gasteiger partial charge is 0.486 e. The Kier molecular flexibility index (Phi) is 3.82. The number of para-hydroxylation sites is 1. The highest BCUT2D eigenvalue weighted by Crippen LogP contribution is 2.21. The van der Waals surface area contributed by atoms with E-state index in [1.807, 2.05) is 41.9 Å². The molecule has 0 aliphatic rings. The zero-order valence-electron chi connectivity index (χ0n) is 11.7. The van der Waals surface area contributed by atoms with Gasteiger partial charge in [0.1, 0.15) is 18.2 Å². The third-order valence-corrected chi connectivity index (χ3v) is 3.74. The van der Waals surface area contributed by atoms with Gasteiger partial charge in [0.15, 0.2) is 0 Å². The summed E-state index contributed by atoms with van der Waals surface area (Å²) in [6.07, 6.45) is 0. The summed E-state index contributed by atoms with van der Waals surface area (Å²) in [4.78, 5) is 4.65. The van der Waals surface area contributed by atoms with E-state index in [2.05, 4.69) is 4.98 Å². The van der Waals surface area contributed by atoms with Crippen molar-refractivity contribution < 1.29 is 4.74 Å². The van der Waals surface area contributed by atoms with Crippen LogP contribution in [0.15, 0.2) is 42.5 Å².